The van der Waals surface area contributed by atoms with Crippen LogP contribution in [0.15, 0.2) is 48.5 Å². The third-order valence-corrected chi connectivity index (χ3v) is 3.00. The Labute approximate surface area is 133 Å². The highest BCUT2D eigenvalue weighted by atomic mass is 16.5. The highest BCUT2D eigenvalue weighted by Crippen LogP contribution is 2.13. The minimum atomic E-state index is -0.157. The largest absolute Gasteiger partial charge is 0.484 e. The van der Waals surface area contributed by atoms with E-state index in [-0.39, 0.29) is 12.5 Å². The molecule has 3 nitrogen and oxygen atoms in total. The van der Waals surface area contributed by atoms with Crippen molar-refractivity contribution in [3.8, 4) is 5.75 Å². The van der Waals surface area contributed by atoms with Crippen LogP contribution in [-0.2, 0) is 11.2 Å². The van der Waals surface area contributed by atoms with E-state index in [1.807, 2.05) is 69.3 Å². The van der Waals surface area contributed by atoms with Gasteiger partial charge in [0.2, 0.25) is 0 Å². The van der Waals surface area contributed by atoms with Crippen molar-refractivity contribution in [2.75, 3.05) is 11.9 Å². The van der Waals surface area contributed by atoms with Crippen LogP contribution in [-0.4, -0.2) is 12.5 Å². The van der Waals surface area contributed by atoms with E-state index in [1.54, 1.807) is 0 Å². The quantitative estimate of drug-likeness (QED) is 0.876. The van der Waals surface area contributed by atoms with Crippen molar-refractivity contribution < 1.29 is 9.53 Å². The van der Waals surface area contributed by atoms with Gasteiger partial charge in [-0.2, -0.15) is 0 Å². The maximum absolute atomic E-state index is 11.8. The molecule has 0 aliphatic heterocycles. The second-order valence-electron chi connectivity index (χ2n) is 4.70. The number of carbonyl (C=O) groups is 1. The number of carbonyl (C=O) groups excluding carboxylic acids is 1. The molecule has 22 heavy (non-hydrogen) atoms. The fourth-order valence-electron chi connectivity index (χ4n) is 1.89. The van der Waals surface area contributed by atoms with Gasteiger partial charge >= 0.3 is 0 Å². The number of hydrogen-bond acceptors (Lipinski definition) is 2. The van der Waals surface area contributed by atoms with Gasteiger partial charge in [0.25, 0.3) is 5.91 Å². The van der Waals surface area contributed by atoms with Crippen LogP contribution in [0.2, 0.25) is 0 Å². The normalized spacial score (nSPS) is 9.45. The summed E-state index contributed by atoms with van der Waals surface area (Å²) in [5.41, 5.74) is 3.15. The van der Waals surface area contributed by atoms with Gasteiger partial charge in [-0.15, -0.1) is 0 Å². The number of rotatable bonds is 5. The van der Waals surface area contributed by atoms with Gasteiger partial charge in [-0.3, -0.25) is 4.79 Å². The zero-order valence-corrected chi connectivity index (χ0v) is 13.8. The van der Waals surface area contributed by atoms with E-state index in [2.05, 4.69) is 12.2 Å². The molecule has 2 aromatic rings. The second-order valence-corrected chi connectivity index (χ2v) is 4.70. The zero-order chi connectivity index (χ0) is 16.4. The Kier molecular flexibility index (Phi) is 7.76. The lowest BCUT2D eigenvalue weighted by Crippen LogP contribution is -2.20. The second kappa shape index (κ2) is 9.61. The van der Waals surface area contributed by atoms with Crippen molar-refractivity contribution in [2.24, 2.45) is 0 Å². The summed E-state index contributed by atoms with van der Waals surface area (Å²) in [4.78, 5) is 11.8. The maximum atomic E-state index is 11.8. The Balaban J connectivity index is 0.00000116. The van der Waals surface area contributed by atoms with Gasteiger partial charge in [-0.1, -0.05) is 45.0 Å². The fraction of sp³-hybridized carbons (Fsp3) is 0.316. The molecule has 0 saturated carbocycles. The smallest absolute Gasteiger partial charge is 0.262 e. The van der Waals surface area contributed by atoms with E-state index in [9.17, 15) is 4.79 Å². The summed E-state index contributed by atoms with van der Waals surface area (Å²) in [5, 5.41) is 2.81. The van der Waals surface area contributed by atoms with Crippen LogP contribution in [0.3, 0.4) is 0 Å². The summed E-state index contributed by atoms with van der Waals surface area (Å²) in [6.07, 6.45) is 0.994. The predicted molar refractivity (Wildman–Crippen MR) is 92.5 cm³/mol. The molecule has 0 aliphatic carbocycles. The molecule has 0 fully saturated rings. The molecule has 3 heteroatoms. The number of aryl methyl sites for hydroxylation is 2. The van der Waals surface area contributed by atoms with E-state index in [0.717, 1.165) is 17.7 Å². The van der Waals surface area contributed by atoms with Gasteiger partial charge in [0.1, 0.15) is 5.75 Å². The Morgan fingerprint density at radius 1 is 1.09 bits per heavy atom. The third kappa shape index (κ3) is 6.00. The molecule has 0 saturated heterocycles. The minimum absolute atomic E-state index is 0.0133. The molecular formula is C19H25NO2. The van der Waals surface area contributed by atoms with E-state index in [1.165, 1.54) is 5.56 Å². The minimum Gasteiger partial charge on any atom is -0.484 e. The monoisotopic (exact) mass is 299 g/mol. The van der Waals surface area contributed by atoms with Crippen molar-refractivity contribution in [1.29, 1.82) is 0 Å². The van der Waals surface area contributed by atoms with Gasteiger partial charge in [0, 0.05) is 5.69 Å². The summed E-state index contributed by atoms with van der Waals surface area (Å²) in [7, 11) is 0. The lowest BCUT2D eigenvalue weighted by molar-refractivity contribution is -0.118. The Bertz CT molecular complexity index is 576. The average Bonchev–Trinajstić information content (AvgIpc) is 2.55. The molecule has 0 heterocycles. The molecule has 2 rings (SSSR count). The summed E-state index contributed by atoms with van der Waals surface area (Å²) in [6.45, 7) is 8.10. The first-order chi connectivity index (χ1) is 10.7. The van der Waals surface area contributed by atoms with E-state index >= 15 is 0 Å². The molecule has 0 spiro atoms. The molecule has 1 N–H and O–H groups in total. The third-order valence-electron chi connectivity index (χ3n) is 3.00. The van der Waals surface area contributed by atoms with Crippen LogP contribution < -0.4 is 10.1 Å². The van der Waals surface area contributed by atoms with Gasteiger partial charge in [-0.05, 0) is 48.7 Å². The summed E-state index contributed by atoms with van der Waals surface area (Å²) >= 11 is 0. The Morgan fingerprint density at radius 2 is 1.77 bits per heavy atom. The number of benzene rings is 2. The van der Waals surface area contributed by atoms with Crippen LogP contribution in [0.5, 0.6) is 5.75 Å². The van der Waals surface area contributed by atoms with Crippen LogP contribution in [0.4, 0.5) is 5.69 Å². The van der Waals surface area contributed by atoms with Gasteiger partial charge in [0.05, 0.1) is 0 Å². The van der Waals surface area contributed by atoms with Crippen LogP contribution >= 0.6 is 0 Å². The highest BCUT2D eigenvalue weighted by Gasteiger charge is 2.03. The Morgan fingerprint density at radius 3 is 2.36 bits per heavy atom. The fourth-order valence-corrected chi connectivity index (χ4v) is 1.89. The van der Waals surface area contributed by atoms with Crippen molar-refractivity contribution in [3.63, 3.8) is 0 Å². The van der Waals surface area contributed by atoms with Gasteiger partial charge < -0.3 is 10.1 Å². The number of hydrogen-bond donors (Lipinski definition) is 1. The van der Waals surface area contributed by atoms with E-state index in [0.29, 0.717) is 5.75 Å². The first-order valence-corrected chi connectivity index (χ1v) is 7.75. The van der Waals surface area contributed by atoms with Crippen molar-refractivity contribution >= 4 is 11.6 Å². The Hall–Kier alpha value is -2.29. The van der Waals surface area contributed by atoms with Crippen molar-refractivity contribution in [3.05, 3.63) is 59.7 Å². The maximum Gasteiger partial charge on any atom is 0.262 e. The standard InChI is InChI=1S/C17H19NO2.C2H6/c1-3-14-7-9-16(10-8-14)20-12-17(19)18-15-6-4-5-13(2)11-15;1-2/h4-11H,3,12H2,1-2H3,(H,18,19);1-2H3. The summed E-state index contributed by atoms with van der Waals surface area (Å²) in [6, 6.07) is 15.5. The predicted octanol–water partition coefficient (Wildman–Crippen LogP) is 4.60. The van der Waals surface area contributed by atoms with Crippen molar-refractivity contribution in [1.82, 2.24) is 0 Å². The molecule has 1 amide bonds. The molecule has 0 atom stereocenters. The average molecular weight is 299 g/mol. The molecule has 0 radical (unpaired) electrons. The van der Waals surface area contributed by atoms with Gasteiger partial charge in [-0.25, -0.2) is 0 Å². The number of anilines is 1. The van der Waals surface area contributed by atoms with E-state index in [4.69, 9.17) is 4.74 Å². The lowest BCUT2D eigenvalue weighted by Gasteiger charge is -2.08. The number of nitrogens with one attached hydrogen (secondary N) is 1. The van der Waals surface area contributed by atoms with Crippen LogP contribution in [0.25, 0.3) is 0 Å². The lowest BCUT2D eigenvalue weighted by atomic mass is 10.2. The van der Waals surface area contributed by atoms with E-state index < -0.39 is 0 Å². The number of ether oxygens (including phenoxy) is 1. The summed E-state index contributed by atoms with van der Waals surface area (Å²) in [5.74, 6) is 0.553. The molecule has 0 unspecified atom stereocenters. The first kappa shape index (κ1) is 17.8. The highest BCUT2D eigenvalue weighted by molar-refractivity contribution is 5.91. The SMILES string of the molecule is CC.CCc1ccc(OCC(=O)Nc2cccc(C)c2)cc1. The molecule has 118 valence electrons. The van der Waals surface area contributed by atoms with Gasteiger partial charge in [0.15, 0.2) is 6.61 Å². The molecule has 2 aromatic carbocycles. The topological polar surface area (TPSA) is 38.3 Å². The number of amides is 1. The summed E-state index contributed by atoms with van der Waals surface area (Å²) < 4.78 is 5.46. The van der Waals surface area contributed by atoms with Crippen LogP contribution in [0, 0.1) is 6.92 Å². The molecule has 0 aromatic heterocycles. The first-order valence-electron chi connectivity index (χ1n) is 7.75. The zero-order valence-electron chi connectivity index (χ0n) is 13.8. The molecule has 0 bridgehead atoms. The molecular weight excluding hydrogens is 274 g/mol. The van der Waals surface area contributed by atoms with Crippen LogP contribution in [0.1, 0.15) is 31.9 Å². The molecule has 0 aliphatic rings. The van der Waals surface area contributed by atoms with Crippen molar-refractivity contribution in [2.45, 2.75) is 34.1 Å².